The molecule has 1 aromatic rings. The Bertz CT molecular complexity index is 305. The zero-order chi connectivity index (χ0) is 11.8. The normalized spacial score (nSPS) is 12.1. The van der Waals surface area contributed by atoms with E-state index in [2.05, 4.69) is 43.1 Å². The fourth-order valence-corrected chi connectivity index (χ4v) is 1.45. The molecule has 2 heteroatoms. The SMILES string of the molecule is C=Cc1ccc(NCC(C)CCOC)cc1. The highest BCUT2D eigenvalue weighted by molar-refractivity contribution is 5.53. The second-order valence-electron chi connectivity index (χ2n) is 4.09. The summed E-state index contributed by atoms with van der Waals surface area (Å²) in [4.78, 5) is 0. The van der Waals surface area contributed by atoms with Gasteiger partial charge in [0.25, 0.3) is 0 Å². The van der Waals surface area contributed by atoms with E-state index in [4.69, 9.17) is 4.74 Å². The summed E-state index contributed by atoms with van der Waals surface area (Å²) < 4.78 is 5.06. The van der Waals surface area contributed by atoms with Gasteiger partial charge in [0.2, 0.25) is 0 Å². The number of hydrogen-bond donors (Lipinski definition) is 1. The van der Waals surface area contributed by atoms with Crippen LogP contribution in [-0.2, 0) is 4.74 Å². The topological polar surface area (TPSA) is 21.3 Å². The lowest BCUT2D eigenvalue weighted by molar-refractivity contribution is 0.182. The van der Waals surface area contributed by atoms with Crippen LogP contribution in [0.5, 0.6) is 0 Å². The van der Waals surface area contributed by atoms with Crippen molar-refractivity contribution in [1.82, 2.24) is 0 Å². The first-order valence-electron chi connectivity index (χ1n) is 5.71. The van der Waals surface area contributed by atoms with Gasteiger partial charge in [-0.1, -0.05) is 31.7 Å². The van der Waals surface area contributed by atoms with E-state index < -0.39 is 0 Å². The third-order valence-electron chi connectivity index (χ3n) is 2.62. The van der Waals surface area contributed by atoms with Gasteiger partial charge >= 0.3 is 0 Å². The quantitative estimate of drug-likeness (QED) is 0.758. The Kier molecular flexibility index (Phi) is 5.65. The highest BCUT2D eigenvalue weighted by Crippen LogP contribution is 2.11. The van der Waals surface area contributed by atoms with Crippen molar-refractivity contribution in [2.75, 3.05) is 25.6 Å². The second kappa shape index (κ2) is 7.07. The molecule has 0 saturated carbocycles. The van der Waals surface area contributed by atoms with Crippen LogP contribution in [0.1, 0.15) is 18.9 Å². The summed E-state index contributed by atoms with van der Waals surface area (Å²) in [5.41, 5.74) is 2.31. The van der Waals surface area contributed by atoms with Gasteiger partial charge in [-0.2, -0.15) is 0 Å². The van der Waals surface area contributed by atoms with Crippen LogP contribution >= 0.6 is 0 Å². The molecule has 0 fully saturated rings. The van der Waals surface area contributed by atoms with E-state index in [0.29, 0.717) is 5.92 Å². The maximum absolute atomic E-state index is 5.06. The molecule has 0 aliphatic carbocycles. The molecule has 1 atom stereocenters. The standard InChI is InChI=1S/C14H21NO/c1-4-13-5-7-14(8-6-13)15-11-12(2)9-10-16-3/h4-8,12,15H,1,9-11H2,2-3H3. The molecule has 88 valence electrons. The number of nitrogens with one attached hydrogen (secondary N) is 1. The van der Waals surface area contributed by atoms with Crippen LogP contribution < -0.4 is 5.32 Å². The molecule has 0 spiro atoms. The molecule has 1 rings (SSSR count). The molecule has 1 N–H and O–H groups in total. The molecular weight excluding hydrogens is 198 g/mol. The summed E-state index contributed by atoms with van der Waals surface area (Å²) in [5, 5.41) is 3.41. The fourth-order valence-electron chi connectivity index (χ4n) is 1.45. The van der Waals surface area contributed by atoms with Gasteiger partial charge in [-0.15, -0.1) is 0 Å². The maximum Gasteiger partial charge on any atom is 0.0465 e. The lowest BCUT2D eigenvalue weighted by Crippen LogP contribution is -2.12. The summed E-state index contributed by atoms with van der Waals surface area (Å²) in [7, 11) is 1.74. The molecule has 16 heavy (non-hydrogen) atoms. The second-order valence-corrected chi connectivity index (χ2v) is 4.09. The molecule has 1 aromatic carbocycles. The molecule has 0 saturated heterocycles. The number of methoxy groups -OCH3 is 1. The number of benzene rings is 1. The molecule has 2 nitrogen and oxygen atoms in total. The van der Waals surface area contributed by atoms with Crippen molar-refractivity contribution in [2.45, 2.75) is 13.3 Å². The van der Waals surface area contributed by atoms with Crippen LogP contribution in [-0.4, -0.2) is 20.3 Å². The van der Waals surface area contributed by atoms with E-state index in [1.807, 2.05) is 6.08 Å². The Balaban J connectivity index is 2.33. The smallest absolute Gasteiger partial charge is 0.0465 e. The minimum atomic E-state index is 0.624. The minimum Gasteiger partial charge on any atom is -0.385 e. The maximum atomic E-state index is 5.06. The lowest BCUT2D eigenvalue weighted by Gasteiger charge is -2.13. The Hall–Kier alpha value is -1.28. The van der Waals surface area contributed by atoms with Crippen LogP contribution in [0.3, 0.4) is 0 Å². The van der Waals surface area contributed by atoms with Gasteiger partial charge in [0.1, 0.15) is 0 Å². The molecule has 0 bridgehead atoms. The van der Waals surface area contributed by atoms with Crippen molar-refractivity contribution in [3.05, 3.63) is 36.4 Å². The zero-order valence-electron chi connectivity index (χ0n) is 10.2. The van der Waals surface area contributed by atoms with Gasteiger partial charge < -0.3 is 10.1 Å². The molecule has 0 radical (unpaired) electrons. The third kappa shape index (κ3) is 4.49. The molecule has 0 amide bonds. The fraction of sp³-hybridized carbons (Fsp3) is 0.429. The van der Waals surface area contributed by atoms with Gasteiger partial charge in [0.15, 0.2) is 0 Å². The van der Waals surface area contributed by atoms with Crippen LogP contribution in [0.25, 0.3) is 6.08 Å². The number of anilines is 1. The van der Waals surface area contributed by atoms with Gasteiger partial charge in [-0.25, -0.2) is 0 Å². The Morgan fingerprint density at radius 1 is 1.38 bits per heavy atom. The zero-order valence-corrected chi connectivity index (χ0v) is 10.2. The molecule has 0 aliphatic rings. The van der Waals surface area contributed by atoms with E-state index in [0.717, 1.165) is 30.8 Å². The van der Waals surface area contributed by atoms with E-state index in [1.54, 1.807) is 7.11 Å². The van der Waals surface area contributed by atoms with Crippen molar-refractivity contribution in [2.24, 2.45) is 5.92 Å². The van der Waals surface area contributed by atoms with Crippen LogP contribution in [0.2, 0.25) is 0 Å². The van der Waals surface area contributed by atoms with Gasteiger partial charge in [0.05, 0.1) is 0 Å². The van der Waals surface area contributed by atoms with Crippen LogP contribution in [0, 0.1) is 5.92 Å². The Morgan fingerprint density at radius 2 is 2.06 bits per heavy atom. The third-order valence-corrected chi connectivity index (χ3v) is 2.62. The van der Waals surface area contributed by atoms with Gasteiger partial charge in [-0.05, 0) is 30.0 Å². The number of hydrogen-bond acceptors (Lipinski definition) is 2. The molecule has 0 aromatic heterocycles. The molecule has 0 heterocycles. The average Bonchev–Trinajstić information content (AvgIpc) is 2.34. The molecule has 1 unspecified atom stereocenters. The van der Waals surface area contributed by atoms with E-state index in [-0.39, 0.29) is 0 Å². The summed E-state index contributed by atoms with van der Waals surface area (Å²) in [6.07, 6.45) is 2.94. The first kappa shape index (κ1) is 12.8. The first-order valence-corrected chi connectivity index (χ1v) is 5.71. The lowest BCUT2D eigenvalue weighted by atomic mass is 10.1. The minimum absolute atomic E-state index is 0.624. The van der Waals surface area contributed by atoms with Crippen molar-refractivity contribution in [3.63, 3.8) is 0 Å². The summed E-state index contributed by atoms with van der Waals surface area (Å²) in [6.45, 7) is 7.78. The monoisotopic (exact) mass is 219 g/mol. The molecule has 0 aliphatic heterocycles. The highest BCUT2D eigenvalue weighted by Gasteiger charge is 2.01. The van der Waals surface area contributed by atoms with Gasteiger partial charge in [-0.3, -0.25) is 0 Å². The van der Waals surface area contributed by atoms with E-state index in [9.17, 15) is 0 Å². The predicted octanol–water partition coefficient (Wildman–Crippen LogP) is 3.41. The summed E-state index contributed by atoms with van der Waals surface area (Å²) in [5.74, 6) is 0.624. The van der Waals surface area contributed by atoms with Crippen molar-refractivity contribution >= 4 is 11.8 Å². The van der Waals surface area contributed by atoms with Crippen molar-refractivity contribution in [1.29, 1.82) is 0 Å². The van der Waals surface area contributed by atoms with Crippen LogP contribution in [0.15, 0.2) is 30.8 Å². The summed E-state index contributed by atoms with van der Waals surface area (Å²) >= 11 is 0. The molecular formula is C14H21NO. The van der Waals surface area contributed by atoms with E-state index >= 15 is 0 Å². The van der Waals surface area contributed by atoms with Crippen molar-refractivity contribution < 1.29 is 4.74 Å². The Morgan fingerprint density at radius 3 is 2.62 bits per heavy atom. The average molecular weight is 219 g/mol. The Labute approximate surface area is 98.3 Å². The largest absolute Gasteiger partial charge is 0.385 e. The van der Waals surface area contributed by atoms with Crippen molar-refractivity contribution in [3.8, 4) is 0 Å². The highest BCUT2D eigenvalue weighted by atomic mass is 16.5. The predicted molar refractivity (Wildman–Crippen MR) is 70.7 cm³/mol. The number of ether oxygens (including phenoxy) is 1. The van der Waals surface area contributed by atoms with E-state index in [1.165, 1.54) is 0 Å². The van der Waals surface area contributed by atoms with Crippen LogP contribution in [0.4, 0.5) is 5.69 Å². The van der Waals surface area contributed by atoms with Gasteiger partial charge in [0, 0.05) is 25.9 Å². The first-order chi connectivity index (χ1) is 7.76. The number of rotatable bonds is 7. The summed E-state index contributed by atoms with van der Waals surface area (Å²) in [6, 6.07) is 8.30.